The van der Waals surface area contributed by atoms with E-state index in [9.17, 15) is 0 Å². The summed E-state index contributed by atoms with van der Waals surface area (Å²) in [5, 5.41) is 0. The van der Waals surface area contributed by atoms with Gasteiger partial charge in [-0.15, -0.1) is 0 Å². The highest BCUT2D eigenvalue weighted by molar-refractivity contribution is 5.85. The first-order valence-corrected chi connectivity index (χ1v) is 19.4. The van der Waals surface area contributed by atoms with Crippen LogP contribution in [0, 0.1) is 6.33 Å². The van der Waals surface area contributed by atoms with Crippen molar-refractivity contribution in [3.8, 4) is 78.6 Å². The molecule has 0 atom stereocenters. The van der Waals surface area contributed by atoms with Crippen LogP contribution in [-0.2, 0) is 0 Å². The molecule has 2 heterocycles. The number of para-hydroxylation sites is 3. The van der Waals surface area contributed by atoms with Gasteiger partial charge in [-0.25, -0.2) is 0 Å². The van der Waals surface area contributed by atoms with E-state index in [1.807, 2.05) is 42.6 Å². The predicted molar refractivity (Wildman–Crippen MR) is 235 cm³/mol. The standard InChI is InChI=1S/C54H37N3O/c1-4-15-39(16-5-1)40-29-31-41(32-30-40)44-33-34-55-51(36-44)45-21-12-23-47(35-45)58-48-24-13-22-46(37-48)56-38-57(53-28-11-10-27-52(53)56)54-49(42-17-6-2-7-18-42)25-14-26-50(54)43-19-8-3-9-20-43/h1-37H. The van der Waals surface area contributed by atoms with Crippen molar-refractivity contribution in [1.82, 2.24) is 9.55 Å². The lowest BCUT2D eigenvalue weighted by Crippen LogP contribution is -2.31. The van der Waals surface area contributed by atoms with Gasteiger partial charge < -0.3 is 4.74 Å². The van der Waals surface area contributed by atoms with Crippen molar-refractivity contribution in [1.29, 1.82) is 0 Å². The van der Waals surface area contributed by atoms with Crippen LogP contribution in [0.5, 0.6) is 11.5 Å². The molecule has 0 aliphatic rings. The number of hydrogen-bond acceptors (Lipinski definition) is 2. The van der Waals surface area contributed by atoms with Gasteiger partial charge in [-0.05, 0) is 87.0 Å². The number of benzene rings is 8. The maximum atomic E-state index is 6.57. The zero-order valence-corrected chi connectivity index (χ0v) is 31.6. The Bertz CT molecular complexity index is 2950. The zero-order chi connectivity index (χ0) is 38.7. The number of nitrogens with zero attached hydrogens (tertiary/aromatic N) is 3. The number of aromatic nitrogens is 3. The maximum Gasteiger partial charge on any atom is 0.269 e. The van der Waals surface area contributed by atoms with Crippen LogP contribution in [0.15, 0.2) is 225 Å². The van der Waals surface area contributed by atoms with E-state index in [1.54, 1.807) is 0 Å². The molecule has 0 bridgehead atoms. The van der Waals surface area contributed by atoms with Crippen LogP contribution in [0.4, 0.5) is 0 Å². The molecule has 4 nitrogen and oxygen atoms in total. The third-order valence-electron chi connectivity index (χ3n) is 10.5. The van der Waals surface area contributed by atoms with Crippen molar-refractivity contribution in [3.63, 3.8) is 0 Å². The Morgan fingerprint density at radius 3 is 1.64 bits per heavy atom. The molecule has 274 valence electrons. The summed E-state index contributed by atoms with van der Waals surface area (Å²) in [4.78, 5) is 4.74. The van der Waals surface area contributed by atoms with Gasteiger partial charge in [0.05, 0.1) is 28.1 Å². The van der Waals surface area contributed by atoms with Crippen LogP contribution in [0.25, 0.3) is 78.2 Å². The Hall–Kier alpha value is -7.82. The van der Waals surface area contributed by atoms with Gasteiger partial charge >= 0.3 is 0 Å². The molecule has 10 rings (SSSR count). The average molecular weight is 744 g/mol. The first-order chi connectivity index (χ1) is 28.7. The quantitative estimate of drug-likeness (QED) is 0.109. The highest BCUT2D eigenvalue weighted by Crippen LogP contribution is 2.35. The lowest BCUT2D eigenvalue weighted by Gasteiger charge is -2.17. The topological polar surface area (TPSA) is 30.9 Å². The van der Waals surface area contributed by atoms with Gasteiger partial charge in [0.1, 0.15) is 11.5 Å². The van der Waals surface area contributed by atoms with Gasteiger partial charge in [0.25, 0.3) is 6.33 Å². The van der Waals surface area contributed by atoms with E-state index < -0.39 is 0 Å². The van der Waals surface area contributed by atoms with Crippen molar-refractivity contribution in [2.75, 3.05) is 0 Å². The molecule has 0 aliphatic heterocycles. The largest absolute Gasteiger partial charge is 0.458 e. The van der Waals surface area contributed by atoms with E-state index in [0.717, 1.165) is 78.5 Å². The molecule has 0 radical (unpaired) electrons. The third kappa shape index (κ3) is 6.84. The van der Waals surface area contributed by atoms with Crippen molar-refractivity contribution in [2.24, 2.45) is 0 Å². The minimum atomic E-state index is 0.724. The summed E-state index contributed by atoms with van der Waals surface area (Å²) in [6.45, 7) is 0. The Labute approximate surface area is 338 Å². The number of imidazole rings is 1. The number of fused-ring (bicyclic) bond motifs is 1. The molecule has 0 unspecified atom stereocenters. The minimum Gasteiger partial charge on any atom is -0.458 e. The zero-order valence-electron chi connectivity index (χ0n) is 31.6. The summed E-state index contributed by atoms with van der Waals surface area (Å²) in [7, 11) is 0. The molecule has 0 fully saturated rings. The Balaban J connectivity index is 0.981. The molecule has 8 aromatic carbocycles. The Morgan fingerprint density at radius 2 is 0.948 bits per heavy atom. The van der Waals surface area contributed by atoms with Crippen LogP contribution in [0.1, 0.15) is 0 Å². The normalized spacial score (nSPS) is 11.1. The van der Waals surface area contributed by atoms with Crippen LogP contribution in [-0.4, -0.2) is 9.55 Å². The summed E-state index contributed by atoms with van der Waals surface area (Å²) < 4.78 is 10.9. The lowest BCUT2D eigenvalue weighted by molar-refractivity contribution is -0.571. The molecule has 0 N–H and O–H groups in total. The van der Waals surface area contributed by atoms with E-state index in [2.05, 4.69) is 197 Å². The minimum absolute atomic E-state index is 0.724. The molecule has 10 aromatic rings. The average Bonchev–Trinajstić information content (AvgIpc) is 3.69. The van der Waals surface area contributed by atoms with E-state index in [0.29, 0.717) is 0 Å². The molecule has 0 aliphatic carbocycles. The van der Waals surface area contributed by atoms with E-state index in [1.165, 1.54) is 11.1 Å². The number of rotatable bonds is 9. The van der Waals surface area contributed by atoms with Crippen LogP contribution in [0.2, 0.25) is 0 Å². The van der Waals surface area contributed by atoms with Crippen molar-refractivity contribution in [3.05, 3.63) is 231 Å². The second kappa shape index (κ2) is 15.4. The molecule has 0 spiro atoms. The smallest absolute Gasteiger partial charge is 0.269 e. The maximum absolute atomic E-state index is 6.57. The molecule has 0 amide bonds. The summed E-state index contributed by atoms with van der Waals surface area (Å²) in [5.74, 6) is 1.46. The molecule has 2 aromatic heterocycles. The molecule has 0 saturated carbocycles. The van der Waals surface area contributed by atoms with Crippen molar-refractivity contribution >= 4 is 11.0 Å². The van der Waals surface area contributed by atoms with Gasteiger partial charge in [0.15, 0.2) is 0 Å². The summed E-state index contributed by atoms with van der Waals surface area (Å²) in [6.07, 6.45) is 5.64. The molecule has 4 heteroatoms. The van der Waals surface area contributed by atoms with Crippen LogP contribution < -0.4 is 9.30 Å². The van der Waals surface area contributed by atoms with Crippen LogP contribution in [0.3, 0.4) is 0 Å². The summed E-state index contributed by atoms with van der Waals surface area (Å²) in [5.41, 5.74) is 15.1. The van der Waals surface area contributed by atoms with Crippen molar-refractivity contribution < 1.29 is 9.30 Å². The highest BCUT2D eigenvalue weighted by atomic mass is 16.5. The third-order valence-corrected chi connectivity index (χ3v) is 10.5. The van der Waals surface area contributed by atoms with E-state index >= 15 is 0 Å². The number of pyridine rings is 1. The summed E-state index contributed by atoms with van der Waals surface area (Å²) in [6, 6.07) is 75.8. The first-order valence-electron chi connectivity index (χ1n) is 19.4. The SMILES string of the molecule is [c-]1n(-c2cccc(Oc3cccc(-c4cc(-c5ccc(-c6ccccc6)cc5)ccn4)c3)c2)c2ccccc2[n+]1-c1c(-c2ccccc2)cccc1-c1ccccc1. The number of ether oxygens (including phenoxy) is 1. The number of hydrogen-bond donors (Lipinski definition) is 0. The van der Waals surface area contributed by atoms with Crippen molar-refractivity contribution in [2.45, 2.75) is 0 Å². The fourth-order valence-electron chi connectivity index (χ4n) is 7.70. The second-order valence-corrected chi connectivity index (χ2v) is 14.2. The van der Waals surface area contributed by atoms with Gasteiger partial charge in [-0.3, -0.25) is 14.1 Å². The first kappa shape index (κ1) is 34.7. The fraction of sp³-hybridized carbons (Fsp3) is 0. The van der Waals surface area contributed by atoms with E-state index in [4.69, 9.17) is 9.72 Å². The molecule has 0 saturated heterocycles. The predicted octanol–water partition coefficient (Wildman–Crippen LogP) is 13.2. The van der Waals surface area contributed by atoms with Gasteiger partial charge in [0.2, 0.25) is 0 Å². The van der Waals surface area contributed by atoms with Gasteiger partial charge in [-0.1, -0.05) is 176 Å². The van der Waals surface area contributed by atoms with E-state index in [-0.39, 0.29) is 0 Å². The Kier molecular flexibility index (Phi) is 9.18. The fourth-order valence-corrected chi connectivity index (χ4v) is 7.70. The molecular formula is C54H37N3O. The van der Waals surface area contributed by atoms with Crippen LogP contribution >= 0.6 is 0 Å². The van der Waals surface area contributed by atoms with Gasteiger partial charge in [-0.2, -0.15) is 0 Å². The monoisotopic (exact) mass is 743 g/mol. The van der Waals surface area contributed by atoms with Gasteiger partial charge in [0, 0.05) is 11.8 Å². The lowest BCUT2D eigenvalue weighted by atomic mass is 9.95. The Morgan fingerprint density at radius 1 is 0.414 bits per heavy atom. The second-order valence-electron chi connectivity index (χ2n) is 14.2. The molecule has 58 heavy (non-hydrogen) atoms. The summed E-state index contributed by atoms with van der Waals surface area (Å²) >= 11 is 0. The molecular weight excluding hydrogens is 707 g/mol. The highest BCUT2D eigenvalue weighted by Gasteiger charge is 2.19.